The van der Waals surface area contributed by atoms with Crippen LogP contribution in [0.15, 0.2) is 91.0 Å². The zero-order valence-electron chi connectivity index (χ0n) is 20.2. The Labute approximate surface area is 220 Å². The van der Waals surface area contributed by atoms with E-state index in [1.165, 1.54) is 0 Å². The maximum Gasteiger partial charge on any atom is 0.511 e. The molecule has 0 unspecified atom stereocenters. The summed E-state index contributed by atoms with van der Waals surface area (Å²) in [6, 6.07) is 27.9. The second kappa shape index (κ2) is 12.1. The van der Waals surface area contributed by atoms with Gasteiger partial charge >= 0.3 is 6.16 Å². The largest absolute Gasteiger partial charge is 0.511 e. The molecule has 0 saturated heterocycles. The van der Waals surface area contributed by atoms with Crippen molar-refractivity contribution in [3.8, 4) is 22.6 Å². The molecule has 2 N–H and O–H groups in total. The third-order valence-electron chi connectivity index (χ3n) is 5.71. The van der Waals surface area contributed by atoms with Crippen LogP contribution < -0.4 is 14.8 Å². The highest BCUT2D eigenvalue weighted by molar-refractivity contribution is 6.31. The molecule has 0 aliphatic heterocycles. The number of amides is 1. The minimum absolute atomic E-state index is 0.248. The molecule has 37 heavy (non-hydrogen) atoms. The molecule has 0 spiro atoms. The smallest absolute Gasteiger partial charge is 0.488 e. The number of rotatable bonds is 9. The van der Waals surface area contributed by atoms with Crippen molar-refractivity contribution in [3.63, 3.8) is 0 Å². The van der Waals surface area contributed by atoms with Gasteiger partial charge in [0.15, 0.2) is 0 Å². The maximum absolute atomic E-state index is 12.9. The van der Waals surface area contributed by atoms with Crippen molar-refractivity contribution < 1.29 is 24.2 Å². The Hall–Kier alpha value is -4.29. The van der Waals surface area contributed by atoms with Gasteiger partial charge in [-0.25, -0.2) is 4.79 Å². The van der Waals surface area contributed by atoms with Crippen LogP contribution in [0.4, 0.5) is 4.79 Å². The molecule has 0 radical (unpaired) electrons. The number of benzene rings is 4. The van der Waals surface area contributed by atoms with Gasteiger partial charge in [0.05, 0.1) is 5.56 Å². The summed E-state index contributed by atoms with van der Waals surface area (Å²) in [5.41, 5.74) is 5.56. The summed E-state index contributed by atoms with van der Waals surface area (Å²) in [5.74, 6) is 0.501. The SMILES string of the molecule is Cc1cccc(COc2ccc(Cl)cc2C(=O)NCCc2ccc(-c3ccc(OC(=O)O)cc3)cc2)c1. The van der Waals surface area contributed by atoms with E-state index >= 15 is 0 Å². The Morgan fingerprint density at radius 2 is 1.57 bits per heavy atom. The first-order valence-corrected chi connectivity index (χ1v) is 12.1. The van der Waals surface area contributed by atoms with E-state index in [4.69, 9.17) is 21.4 Å². The minimum atomic E-state index is -1.34. The molecule has 0 atom stereocenters. The van der Waals surface area contributed by atoms with Gasteiger partial charge in [-0.1, -0.05) is 77.8 Å². The minimum Gasteiger partial charge on any atom is -0.488 e. The first kappa shape index (κ1) is 25.8. The monoisotopic (exact) mass is 515 g/mol. The van der Waals surface area contributed by atoms with Crippen molar-refractivity contribution in [2.45, 2.75) is 20.0 Å². The van der Waals surface area contributed by atoms with Gasteiger partial charge in [0.1, 0.15) is 18.1 Å². The van der Waals surface area contributed by atoms with Crippen LogP contribution in [0.3, 0.4) is 0 Å². The summed E-state index contributed by atoms with van der Waals surface area (Å²) >= 11 is 6.16. The zero-order valence-corrected chi connectivity index (χ0v) is 21.0. The molecule has 0 bridgehead atoms. The molecule has 4 rings (SSSR count). The average Bonchev–Trinajstić information content (AvgIpc) is 2.88. The second-order valence-corrected chi connectivity index (χ2v) is 8.95. The van der Waals surface area contributed by atoms with Gasteiger partial charge in [-0.3, -0.25) is 4.79 Å². The van der Waals surface area contributed by atoms with Crippen LogP contribution in [0.25, 0.3) is 11.1 Å². The molecule has 7 heteroatoms. The van der Waals surface area contributed by atoms with Crippen LogP contribution in [-0.2, 0) is 13.0 Å². The molecule has 4 aromatic rings. The van der Waals surface area contributed by atoms with Crippen molar-refractivity contribution in [1.29, 1.82) is 0 Å². The van der Waals surface area contributed by atoms with Crippen LogP contribution in [0, 0.1) is 6.92 Å². The van der Waals surface area contributed by atoms with Gasteiger partial charge < -0.3 is 19.9 Å². The zero-order chi connectivity index (χ0) is 26.2. The summed E-state index contributed by atoms with van der Waals surface area (Å²) in [7, 11) is 0. The quantitative estimate of drug-likeness (QED) is 0.186. The second-order valence-electron chi connectivity index (χ2n) is 8.51. The van der Waals surface area contributed by atoms with Crippen LogP contribution in [-0.4, -0.2) is 23.7 Å². The third kappa shape index (κ3) is 7.35. The number of hydrogen-bond donors (Lipinski definition) is 2. The predicted octanol–water partition coefficient (Wildman–Crippen LogP) is 6.92. The van der Waals surface area contributed by atoms with Crippen LogP contribution in [0.2, 0.25) is 5.02 Å². The van der Waals surface area contributed by atoms with E-state index in [0.717, 1.165) is 27.8 Å². The van der Waals surface area contributed by atoms with Gasteiger partial charge in [0.25, 0.3) is 5.91 Å². The Morgan fingerprint density at radius 1 is 0.865 bits per heavy atom. The molecule has 0 aliphatic rings. The summed E-state index contributed by atoms with van der Waals surface area (Å²) in [6.45, 7) is 2.82. The number of halogens is 1. The number of hydrogen-bond acceptors (Lipinski definition) is 4. The highest BCUT2D eigenvalue weighted by Gasteiger charge is 2.14. The number of carboxylic acid groups (broad SMARTS) is 1. The lowest BCUT2D eigenvalue weighted by atomic mass is 10.0. The molecule has 4 aromatic carbocycles. The number of ether oxygens (including phenoxy) is 2. The summed E-state index contributed by atoms with van der Waals surface area (Å²) < 4.78 is 10.6. The van der Waals surface area contributed by atoms with Gasteiger partial charge in [0.2, 0.25) is 0 Å². The maximum atomic E-state index is 12.9. The Kier molecular flexibility index (Phi) is 8.44. The topological polar surface area (TPSA) is 84.9 Å². The van der Waals surface area contributed by atoms with Crippen molar-refractivity contribution >= 4 is 23.7 Å². The Bertz CT molecular complexity index is 1380. The molecule has 0 aromatic heterocycles. The fraction of sp³-hybridized carbons (Fsp3) is 0.133. The normalized spacial score (nSPS) is 10.5. The van der Waals surface area contributed by atoms with E-state index in [2.05, 4.69) is 10.1 Å². The Morgan fingerprint density at radius 3 is 2.24 bits per heavy atom. The van der Waals surface area contributed by atoms with E-state index in [9.17, 15) is 9.59 Å². The van der Waals surface area contributed by atoms with E-state index in [0.29, 0.717) is 35.9 Å². The summed E-state index contributed by atoms with van der Waals surface area (Å²) in [5, 5.41) is 12.1. The van der Waals surface area contributed by atoms with Gasteiger partial charge in [0, 0.05) is 11.6 Å². The van der Waals surface area contributed by atoms with Gasteiger partial charge in [-0.05, 0) is 65.9 Å². The molecule has 1 amide bonds. The van der Waals surface area contributed by atoms with Crippen molar-refractivity contribution in [2.24, 2.45) is 0 Å². The summed E-state index contributed by atoms with van der Waals surface area (Å²) in [6.07, 6.45) is -0.692. The van der Waals surface area contributed by atoms with E-state index in [1.54, 1.807) is 42.5 Å². The molecule has 6 nitrogen and oxygen atoms in total. The fourth-order valence-electron chi connectivity index (χ4n) is 3.86. The Balaban J connectivity index is 1.33. The molecular weight excluding hydrogens is 490 g/mol. The van der Waals surface area contributed by atoms with Crippen molar-refractivity contribution in [3.05, 3.63) is 118 Å². The first-order valence-electron chi connectivity index (χ1n) is 11.7. The lowest BCUT2D eigenvalue weighted by Crippen LogP contribution is -2.26. The highest BCUT2D eigenvalue weighted by atomic mass is 35.5. The molecule has 0 saturated carbocycles. The van der Waals surface area contributed by atoms with E-state index in [1.807, 2.05) is 55.5 Å². The van der Waals surface area contributed by atoms with Crippen molar-refractivity contribution in [2.75, 3.05) is 6.54 Å². The number of aryl methyl sites for hydroxylation is 1. The van der Waals surface area contributed by atoms with Crippen LogP contribution in [0.5, 0.6) is 11.5 Å². The number of nitrogens with one attached hydrogen (secondary N) is 1. The molecular formula is C30H26ClNO5. The molecule has 0 heterocycles. The third-order valence-corrected chi connectivity index (χ3v) is 5.94. The fourth-order valence-corrected chi connectivity index (χ4v) is 4.04. The molecule has 0 fully saturated rings. The van der Waals surface area contributed by atoms with Crippen molar-refractivity contribution in [1.82, 2.24) is 5.32 Å². The molecule has 0 aliphatic carbocycles. The van der Waals surface area contributed by atoms with Crippen LogP contribution in [0.1, 0.15) is 27.0 Å². The average molecular weight is 516 g/mol. The lowest BCUT2D eigenvalue weighted by Gasteiger charge is -2.13. The van der Waals surface area contributed by atoms with Crippen LogP contribution >= 0.6 is 11.6 Å². The molecule has 188 valence electrons. The predicted molar refractivity (Wildman–Crippen MR) is 144 cm³/mol. The van der Waals surface area contributed by atoms with E-state index < -0.39 is 6.16 Å². The highest BCUT2D eigenvalue weighted by Crippen LogP contribution is 2.25. The van der Waals surface area contributed by atoms with Gasteiger partial charge in [-0.2, -0.15) is 0 Å². The summed E-state index contributed by atoms with van der Waals surface area (Å²) in [4.78, 5) is 23.5. The standard InChI is InChI=1S/C30H26ClNO5/c1-20-3-2-4-22(17-20)19-36-28-14-11-25(31)18-27(28)29(33)32-16-15-21-5-7-23(8-6-21)24-9-12-26(13-10-24)37-30(34)35/h2-14,17-18H,15-16,19H2,1H3,(H,32,33)(H,34,35). The first-order chi connectivity index (χ1) is 17.9. The lowest BCUT2D eigenvalue weighted by molar-refractivity contribution is 0.0949. The number of carbonyl (C=O) groups is 2. The number of carbonyl (C=O) groups excluding carboxylic acids is 1. The van der Waals surface area contributed by atoms with E-state index in [-0.39, 0.29) is 11.7 Å². The van der Waals surface area contributed by atoms with Gasteiger partial charge in [-0.15, -0.1) is 0 Å².